The summed E-state index contributed by atoms with van der Waals surface area (Å²) >= 11 is 1.63. The number of fused-ring (bicyclic) bond motifs is 1. The molecule has 3 rings (SSSR count). The van der Waals surface area contributed by atoms with Crippen LogP contribution in [0.25, 0.3) is 10.9 Å². The first kappa shape index (κ1) is 14.8. The van der Waals surface area contributed by atoms with Crippen LogP contribution in [0.1, 0.15) is 22.7 Å². The average Bonchev–Trinajstić information content (AvgIpc) is 3.12. The maximum absolute atomic E-state index is 11.9. The number of thiazole rings is 1. The Morgan fingerprint density at radius 3 is 3.00 bits per heavy atom. The maximum atomic E-state index is 11.9. The van der Waals surface area contributed by atoms with Crippen molar-refractivity contribution in [2.45, 2.75) is 26.2 Å². The van der Waals surface area contributed by atoms with Crippen LogP contribution >= 0.6 is 11.3 Å². The molecule has 0 unspecified atom stereocenters. The minimum absolute atomic E-state index is 0.0884. The molecule has 0 aliphatic carbocycles. The van der Waals surface area contributed by atoms with Crippen LogP contribution in [0.4, 0.5) is 0 Å². The minimum Gasteiger partial charge on any atom is -0.361 e. The van der Waals surface area contributed by atoms with Gasteiger partial charge in [0.05, 0.1) is 10.7 Å². The fourth-order valence-electron chi connectivity index (χ4n) is 2.53. The molecule has 0 atom stereocenters. The zero-order valence-corrected chi connectivity index (χ0v) is 13.4. The van der Waals surface area contributed by atoms with Gasteiger partial charge in [-0.15, -0.1) is 11.3 Å². The number of aryl methyl sites for hydroxylation is 2. The van der Waals surface area contributed by atoms with E-state index in [1.807, 2.05) is 30.6 Å². The van der Waals surface area contributed by atoms with Gasteiger partial charge in [-0.3, -0.25) is 4.79 Å². The van der Waals surface area contributed by atoms with Crippen LogP contribution in [-0.2, 0) is 17.6 Å². The van der Waals surface area contributed by atoms with Gasteiger partial charge in [-0.25, -0.2) is 4.98 Å². The number of aromatic nitrogens is 2. The molecule has 2 aromatic heterocycles. The van der Waals surface area contributed by atoms with Gasteiger partial charge < -0.3 is 10.3 Å². The van der Waals surface area contributed by atoms with Gasteiger partial charge in [-0.05, 0) is 31.4 Å². The normalized spacial score (nSPS) is 11.0. The Bertz CT molecular complexity index is 775. The topological polar surface area (TPSA) is 57.8 Å². The van der Waals surface area contributed by atoms with Crippen LogP contribution in [0.5, 0.6) is 0 Å². The Kier molecular flexibility index (Phi) is 4.53. The number of carbonyl (C=O) groups is 1. The van der Waals surface area contributed by atoms with E-state index in [9.17, 15) is 4.79 Å². The number of para-hydroxylation sites is 1. The van der Waals surface area contributed by atoms with Gasteiger partial charge in [-0.1, -0.05) is 18.2 Å². The van der Waals surface area contributed by atoms with Crippen LogP contribution < -0.4 is 5.32 Å². The molecule has 114 valence electrons. The number of amides is 1. The van der Waals surface area contributed by atoms with Gasteiger partial charge in [0.15, 0.2) is 0 Å². The summed E-state index contributed by atoms with van der Waals surface area (Å²) in [5.74, 6) is 0.0884. The highest BCUT2D eigenvalue weighted by Crippen LogP contribution is 2.17. The van der Waals surface area contributed by atoms with Crippen LogP contribution in [0.15, 0.2) is 35.8 Å². The van der Waals surface area contributed by atoms with Gasteiger partial charge in [0.2, 0.25) is 5.91 Å². The molecule has 0 fully saturated rings. The van der Waals surface area contributed by atoms with E-state index in [0.717, 1.165) is 22.6 Å². The number of nitrogens with one attached hydrogen (secondary N) is 2. The third kappa shape index (κ3) is 3.54. The summed E-state index contributed by atoms with van der Waals surface area (Å²) in [6.07, 6.45) is 4.07. The van der Waals surface area contributed by atoms with Crippen molar-refractivity contribution in [2.75, 3.05) is 6.54 Å². The molecule has 0 aliphatic rings. The van der Waals surface area contributed by atoms with Crippen LogP contribution in [0.2, 0.25) is 0 Å². The fraction of sp³-hybridized carbons (Fsp3) is 0.294. The first-order valence-corrected chi connectivity index (χ1v) is 8.33. The zero-order chi connectivity index (χ0) is 15.4. The number of rotatable bonds is 6. The van der Waals surface area contributed by atoms with Crippen molar-refractivity contribution in [3.05, 3.63) is 52.1 Å². The third-order valence-corrected chi connectivity index (χ3v) is 4.49. The number of benzene rings is 1. The molecule has 5 heteroatoms. The van der Waals surface area contributed by atoms with Gasteiger partial charge in [0, 0.05) is 35.4 Å². The van der Waals surface area contributed by atoms with E-state index in [0.29, 0.717) is 19.4 Å². The number of H-pyrrole nitrogens is 1. The summed E-state index contributed by atoms with van der Waals surface area (Å²) in [5, 5.41) is 7.29. The summed E-state index contributed by atoms with van der Waals surface area (Å²) in [4.78, 5) is 19.5. The van der Waals surface area contributed by atoms with Gasteiger partial charge in [-0.2, -0.15) is 0 Å². The molecule has 3 aromatic rings. The molecule has 0 aliphatic heterocycles. The molecule has 0 saturated carbocycles. The molecule has 1 amide bonds. The van der Waals surface area contributed by atoms with E-state index in [4.69, 9.17) is 0 Å². The zero-order valence-electron chi connectivity index (χ0n) is 12.6. The van der Waals surface area contributed by atoms with Crippen LogP contribution in [-0.4, -0.2) is 22.4 Å². The predicted octanol–water partition coefficient (Wildman–Crippen LogP) is 3.22. The average molecular weight is 313 g/mol. The Labute approximate surface area is 133 Å². The number of hydrogen-bond acceptors (Lipinski definition) is 3. The summed E-state index contributed by atoms with van der Waals surface area (Å²) in [5.41, 5.74) is 3.39. The minimum atomic E-state index is 0.0884. The fourth-order valence-corrected chi connectivity index (χ4v) is 3.18. The predicted molar refractivity (Wildman–Crippen MR) is 90.2 cm³/mol. The van der Waals surface area contributed by atoms with Crippen molar-refractivity contribution in [1.82, 2.24) is 15.3 Å². The molecular weight excluding hydrogens is 294 g/mol. The molecular formula is C17H19N3OS. The van der Waals surface area contributed by atoms with E-state index < -0.39 is 0 Å². The largest absolute Gasteiger partial charge is 0.361 e. The van der Waals surface area contributed by atoms with Crippen molar-refractivity contribution in [3.63, 3.8) is 0 Å². The SMILES string of the molecule is Cc1nc(CCC(=O)NCCc2c[nH]c3ccccc23)cs1. The van der Waals surface area contributed by atoms with Crippen LogP contribution in [0.3, 0.4) is 0 Å². The number of aromatic amines is 1. The first-order chi connectivity index (χ1) is 10.7. The summed E-state index contributed by atoms with van der Waals surface area (Å²) in [6, 6.07) is 8.22. The Morgan fingerprint density at radius 2 is 2.18 bits per heavy atom. The monoisotopic (exact) mass is 313 g/mol. The van der Waals surface area contributed by atoms with Gasteiger partial charge in [0.1, 0.15) is 0 Å². The quantitative estimate of drug-likeness (QED) is 0.734. The third-order valence-electron chi connectivity index (χ3n) is 3.67. The van der Waals surface area contributed by atoms with Crippen molar-refractivity contribution < 1.29 is 4.79 Å². The first-order valence-electron chi connectivity index (χ1n) is 7.45. The second-order valence-electron chi connectivity index (χ2n) is 5.32. The van der Waals surface area contributed by atoms with E-state index in [-0.39, 0.29) is 5.91 Å². The molecule has 2 N–H and O–H groups in total. The molecule has 22 heavy (non-hydrogen) atoms. The lowest BCUT2D eigenvalue weighted by atomic mass is 10.1. The molecule has 0 saturated heterocycles. The highest BCUT2D eigenvalue weighted by atomic mass is 32.1. The van der Waals surface area contributed by atoms with Crippen molar-refractivity contribution >= 4 is 28.1 Å². The number of nitrogens with zero attached hydrogens (tertiary/aromatic N) is 1. The lowest BCUT2D eigenvalue weighted by Crippen LogP contribution is -2.25. The number of carbonyl (C=O) groups excluding carboxylic acids is 1. The molecule has 2 heterocycles. The highest BCUT2D eigenvalue weighted by molar-refractivity contribution is 7.09. The Balaban J connectivity index is 1.45. The van der Waals surface area contributed by atoms with E-state index in [1.54, 1.807) is 11.3 Å². The number of hydrogen-bond donors (Lipinski definition) is 2. The van der Waals surface area contributed by atoms with Gasteiger partial charge >= 0.3 is 0 Å². The molecule has 0 radical (unpaired) electrons. The molecule has 0 spiro atoms. The summed E-state index contributed by atoms with van der Waals surface area (Å²) in [7, 11) is 0. The highest BCUT2D eigenvalue weighted by Gasteiger charge is 2.06. The van der Waals surface area contributed by atoms with E-state index >= 15 is 0 Å². The maximum Gasteiger partial charge on any atom is 0.220 e. The molecule has 4 nitrogen and oxygen atoms in total. The smallest absolute Gasteiger partial charge is 0.220 e. The Hall–Kier alpha value is -2.14. The van der Waals surface area contributed by atoms with E-state index in [2.05, 4.69) is 27.4 Å². The van der Waals surface area contributed by atoms with Crippen molar-refractivity contribution in [1.29, 1.82) is 0 Å². The lowest BCUT2D eigenvalue weighted by Gasteiger charge is -2.04. The summed E-state index contributed by atoms with van der Waals surface area (Å²) in [6.45, 7) is 2.65. The molecule has 0 bridgehead atoms. The standard InChI is InChI=1S/C17H19N3OS/c1-12-20-14(11-22-12)6-7-17(21)18-9-8-13-10-19-16-5-3-2-4-15(13)16/h2-5,10-11,19H,6-9H2,1H3,(H,18,21). The second-order valence-corrected chi connectivity index (χ2v) is 6.38. The van der Waals surface area contributed by atoms with Crippen molar-refractivity contribution in [3.8, 4) is 0 Å². The van der Waals surface area contributed by atoms with Crippen LogP contribution in [0, 0.1) is 6.92 Å². The Morgan fingerprint density at radius 1 is 1.32 bits per heavy atom. The van der Waals surface area contributed by atoms with Crippen molar-refractivity contribution in [2.24, 2.45) is 0 Å². The van der Waals surface area contributed by atoms with Gasteiger partial charge in [0.25, 0.3) is 0 Å². The molecule has 1 aromatic carbocycles. The lowest BCUT2D eigenvalue weighted by molar-refractivity contribution is -0.121. The van der Waals surface area contributed by atoms with E-state index in [1.165, 1.54) is 10.9 Å². The second kappa shape index (κ2) is 6.75. The summed E-state index contributed by atoms with van der Waals surface area (Å²) < 4.78 is 0.